The Morgan fingerprint density at radius 1 is 0.868 bits per heavy atom. The van der Waals surface area contributed by atoms with E-state index in [0.717, 1.165) is 33.3 Å². The lowest BCUT2D eigenvalue weighted by atomic mass is 9.95. The molecule has 0 aliphatic rings. The predicted octanol–water partition coefficient (Wildman–Crippen LogP) is 5.97. The second-order valence-electron chi connectivity index (χ2n) is 9.43. The molecule has 0 aliphatic heterocycles. The standard InChI is InChI=1S/C31H29NO5S/c1-22-12-15-30(38(34,35)36)26(18-22)20-29(33)31(24-10-6-3-7-11-24)32-17-16-25-19-27(13-14-28(25)32)37-21-23-8-4-2-5-9-23/h2-19,29,31,33H,20-21H2,1H3,(H,34,35,36)/t29-,31-/m0/s1. The Balaban J connectivity index is 1.49. The lowest BCUT2D eigenvalue weighted by Crippen LogP contribution is -2.27. The van der Waals surface area contributed by atoms with Gasteiger partial charge in [0.05, 0.1) is 17.0 Å². The van der Waals surface area contributed by atoms with Crippen LogP contribution in [0.5, 0.6) is 5.75 Å². The van der Waals surface area contributed by atoms with Gasteiger partial charge in [-0.1, -0.05) is 78.4 Å². The van der Waals surface area contributed by atoms with Crippen LogP contribution in [0.15, 0.2) is 114 Å². The van der Waals surface area contributed by atoms with Crippen molar-refractivity contribution in [3.63, 3.8) is 0 Å². The molecule has 0 saturated heterocycles. The van der Waals surface area contributed by atoms with Gasteiger partial charge in [-0.05, 0) is 53.9 Å². The van der Waals surface area contributed by atoms with Crippen LogP contribution in [0.2, 0.25) is 0 Å². The Labute approximate surface area is 222 Å². The number of rotatable bonds is 9. The zero-order valence-electron chi connectivity index (χ0n) is 20.9. The molecule has 1 heterocycles. The number of fused-ring (bicyclic) bond motifs is 1. The van der Waals surface area contributed by atoms with Crippen molar-refractivity contribution in [2.75, 3.05) is 0 Å². The fraction of sp³-hybridized carbons (Fsp3) is 0.161. The summed E-state index contributed by atoms with van der Waals surface area (Å²) in [4.78, 5) is -0.188. The van der Waals surface area contributed by atoms with Crippen LogP contribution in [0.25, 0.3) is 10.9 Å². The highest BCUT2D eigenvalue weighted by molar-refractivity contribution is 7.85. The average Bonchev–Trinajstić information content (AvgIpc) is 3.31. The molecule has 5 aromatic rings. The van der Waals surface area contributed by atoms with E-state index in [2.05, 4.69) is 0 Å². The van der Waals surface area contributed by atoms with E-state index in [4.69, 9.17) is 4.74 Å². The van der Waals surface area contributed by atoms with Crippen molar-refractivity contribution in [1.82, 2.24) is 4.57 Å². The first-order valence-corrected chi connectivity index (χ1v) is 13.8. The number of ether oxygens (including phenoxy) is 1. The quantitative estimate of drug-likeness (QED) is 0.231. The predicted molar refractivity (Wildman–Crippen MR) is 148 cm³/mol. The highest BCUT2D eigenvalue weighted by atomic mass is 32.2. The normalized spacial score (nSPS) is 13.3. The number of hydrogen-bond donors (Lipinski definition) is 2. The van der Waals surface area contributed by atoms with Crippen molar-refractivity contribution in [1.29, 1.82) is 0 Å². The van der Waals surface area contributed by atoms with Gasteiger partial charge >= 0.3 is 0 Å². The molecule has 0 fully saturated rings. The first-order chi connectivity index (χ1) is 18.3. The van der Waals surface area contributed by atoms with Gasteiger partial charge in [0.2, 0.25) is 0 Å². The van der Waals surface area contributed by atoms with Gasteiger partial charge < -0.3 is 14.4 Å². The van der Waals surface area contributed by atoms with Crippen LogP contribution < -0.4 is 4.74 Å². The van der Waals surface area contributed by atoms with Crippen LogP contribution in [0.3, 0.4) is 0 Å². The maximum atomic E-state index is 12.0. The van der Waals surface area contributed by atoms with E-state index in [0.29, 0.717) is 12.2 Å². The van der Waals surface area contributed by atoms with Crippen molar-refractivity contribution >= 4 is 21.0 Å². The first kappa shape index (κ1) is 25.7. The third-order valence-electron chi connectivity index (χ3n) is 6.67. The SMILES string of the molecule is Cc1ccc(S(=O)(=O)O)c(C[C@H](O)[C@H](c2ccccc2)n2ccc3cc(OCc4ccccc4)ccc32)c1. The van der Waals surface area contributed by atoms with Gasteiger partial charge in [-0.15, -0.1) is 0 Å². The zero-order chi connectivity index (χ0) is 26.7. The van der Waals surface area contributed by atoms with Gasteiger partial charge in [-0.2, -0.15) is 8.42 Å². The maximum Gasteiger partial charge on any atom is 0.294 e. The van der Waals surface area contributed by atoms with Crippen molar-refractivity contribution in [2.45, 2.75) is 37.0 Å². The Morgan fingerprint density at radius 2 is 1.58 bits per heavy atom. The van der Waals surface area contributed by atoms with Crippen molar-refractivity contribution in [2.24, 2.45) is 0 Å². The summed E-state index contributed by atoms with van der Waals surface area (Å²) >= 11 is 0. The number of hydrogen-bond acceptors (Lipinski definition) is 4. The van der Waals surface area contributed by atoms with E-state index in [1.165, 1.54) is 6.07 Å². The highest BCUT2D eigenvalue weighted by Gasteiger charge is 2.27. The van der Waals surface area contributed by atoms with Crippen molar-refractivity contribution < 1.29 is 22.8 Å². The summed E-state index contributed by atoms with van der Waals surface area (Å²) in [6.45, 7) is 2.31. The Morgan fingerprint density at radius 3 is 2.29 bits per heavy atom. The summed E-state index contributed by atoms with van der Waals surface area (Å²) in [7, 11) is -4.44. The monoisotopic (exact) mass is 527 g/mol. The molecule has 4 aromatic carbocycles. The topological polar surface area (TPSA) is 88.8 Å². The Hall–Kier alpha value is -3.91. The first-order valence-electron chi connectivity index (χ1n) is 12.4. The lowest BCUT2D eigenvalue weighted by Gasteiger charge is -2.27. The van der Waals surface area contributed by atoms with E-state index in [1.807, 2.05) is 103 Å². The van der Waals surface area contributed by atoms with Crippen LogP contribution in [-0.4, -0.2) is 28.7 Å². The molecule has 2 atom stereocenters. The number of aliphatic hydroxyl groups is 1. The van der Waals surface area contributed by atoms with Crippen molar-refractivity contribution in [3.8, 4) is 5.75 Å². The lowest BCUT2D eigenvalue weighted by molar-refractivity contribution is 0.131. The number of benzene rings is 4. The molecular weight excluding hydrogens is 498 g/mol. The molecule has 0 amide bonds. The minimum Gasteiger partial charge on any atom is -0.489 e. The summed E-state index contributed by atoms with van der Waals surface area (Å²) in [6.07, 6.45) is 0.977. The molecule has 6 nitrogen and oxygen atoms in total. The number of aryl methyl sites for hydroxylation is 1. The van der Waals surface area contributed by atoms with Gasteiger partial charge in [-0.25, -0.2) is 0 Å². The minimum atomic E-state index is -4.44. The average molecular weight is 528 g/mol. The number of aliphatic hydroxyl groups excluding tert-OH is 1. The summed E-state index contributed by atoms with van der Waals surface area (Å²) < 4.78 is 41.8. The van der Waals surface area contributed by atoms with Crippen LogP contribution in [0.1, 0.15) is 28.3 Å². The van der Waals surface area contributed by atoms with Gasteiger partial charge in [0.25, 0.3) is 10.1 Å². The smallest absolute Gasteiger partial charge is 0.294 e. The summed E-state index contributed by atoms with van der Waals surface area (Å²) in [5.41, 5.74) is 4.07. The number of nitrogens with zero attached hydrogens (tertiary/aromatic N) is 1. The largest absolute Gasteiger partial charge is 0.489 e. The molecule has 0 spiro atoms. The molecule has 38 heavy (non-hydrogen) atoms. The van der Waals surface area contributed by atoms with Crippen LogP contribution in [0.4, 0.5) is 0 Å². The van der Waals surface area contributed by atoms with Crippen molar-refractivity contribution in [3.05, 3.63) is 132 Å². The molecule has 0 unspecified atom stereocenters. The summed E-state index contributed by atoms with van der Waals surface area (Å²) in [6, 6.07) is 31.6. The van der Waals surface area contributed by atoms with E-state index in [1.54, 1.807) is 12.1 Å². The van der Waals surface area contributed by atoms with E-state index in [-0.39, 0.29) is 11.3 Å². The molecule has 5 rings (SSSR count). The van der Waals surface area contributed by atoms with E-state index in [9.17, 15) is 18.1 Å². The summed E-state index contributed by atoms with van der Waals surface area (Å²) in [5.74, 6) is 0.744. The maximum absolute atomic E-state index is 12.0. The number of aromatic nitrogens is 1. The fourth-order valence-electron chi connectivity index (χ4n) is 4.89. The van der Waals surface area contributed by atoms with Gasteiger partial charge in [-0.3, -0.25) is 4.55 Å². The van der Waals surface area contributed by atoms with Gasteiger partial charge in [0, 0.05) is 23.5 Å². The van der Waals surface area contributed by atoms with E-state index >= 15 is 0 Å². The molecular formula is C31H29NO5S. The molecule has 0 bridgehead atoms. The Bertz CT molecular complexity index is 1650. The van der Waals surface area contributed by atoms with Gasteiger partial charge in [0.1, 0.15) is 12.4 Å². The second-order valence-corrected chi connectivity index (χ2v) is 10.8. The second kappa shape index (κ2) is 10.8. The molecule has 0 aliphatic carbocycles. The molecule has 194 valence electrons. The third-order valence-corrected chi connectivity index (χ3v) is 7.62. The third kappa shape index (κ3) is 5.65. The Kier molecular flexibility index (Phi) is 7.33. The molecule has 7 heteroatoms. The van der Waals surface area contributed by atoms with Crippen LogP contribution in [-0.2, 0) is 23.1 Å². The van der Waals surface area contributed by atoms with Crippen LogP contribution >= 0.6 is 0 Å². The minimum absolute atomic E-state index is 0.0360. The van der Waals surface area contributed by atoms with E-state index < -0.39 is 22.3 Å². The summed E-state index contributed by atoms with van der Waals surface area (Å²) in [5, 5.41) is 12.5. The molecule has 2 N–H and O–H groups in total. The molecule has 0 saturated carbocycles. The highest BCUT2D eigenvalue weighted by Crippen LogP contribution is 2.32. The van der Waals surface area contributed by atoms with Crippen LogP contribution in [0, 0.1) is 6.92 Å². The fourth-order valence-corrected chi connectivity index (χ4v) is 5.60. The van der Waals surface area contributed by atoms with Gasteiger partial charge in [0.15, 0.2) is 0 Å². The zero-order valence-corrected chi connectivity index (χ0v) is 21.8. The molecule has 0 radical (unpaired) electrons. The molecule has 1 aromatic heterocycles.